The van der Waals surface area contributed by atoms with Gasteiger partial charge in [-0.1, -0.05) is 0 Å². The third kappa shape index (κ3) is 1.22. The molecule has 0 aromatic carbocycles. The molecule has 0 aliphatic heterocycles. The molecule has 0 fully saturated rings. The maximum absolute atomic E-state index is 11.6. The summed E-state index contributed by atoms with van der Waals surface area (Å²) in [6, 6.07) is 7.11. The molecular weight excluding hydrogens is 204 g/mol. The lowest BCUT2D eigenvalue weighted by molar-refractivity contribution is 0.877. The summed E-state index contributed by atoms with van der Waals surface area (Å²) in [5.41, 5.74) is 1.32. The van der Waals surface area contributed by atoms with Crippen molar-refractivity contribution < 1.29 is 0 Å². The fraction of sp³-hybridized carbons (Fsp3) is 0. The van der Waals surface area contributed by atoms with Gasteiger partial charge >= 0.3 is 0 Å². The van der Waals surface area contributed by atoms with E-state index in [4.69, 9.17) is 0 Å². The largest absolute Gasteiger partial charge is 0.273 e. The van der Waals surface area contributed by atoms with Crippen LogP contribution in [-0.4, -0.2) is 19.7 Å². The second-order valence-electron chi connectivity index (χ2n) is 3.36. The molecule has 3 aromatic heterocycles. The molecule has 3 aromatic rings. The van der Waals surface area contributed by atoms with Crippen molar-refractivity contribution in [3.05, 3.63) is 53.2 Å². The molecule has 3 rings (SSSR count). The van der Waals surface area contributed by atoms with Crippen LogP contribution in [0.5, 0.6) is 0 Å². The quantitative estimate of drug-likeness (QED) is 0.657. The summed E-state index contributed by atoms with van der Waals surface area (Å²) in [5, 5.41) is 3.32. The number of nitrogens with zero attached hydrogens (tertiary/aromatic N) is 3. The highest BCUT2D eigenvalue weighted by atomic mass is 16.1. The van der Waals surface area contributed by atoms with Gasteiger partial charge in [0.05, 0.1) is 11.1 Å². The first-order chi connectivity index (χ1) is 7.86. The van der Waals surface area contributed by atoms with Crippen molar-refractivity contribution in [3.63, 3.8) is 0 Å². The van der Waals surface area contributed by atoms with Crippen molar-refractivity contribution >= 4 is 11.0 Å². The number of hydrogen-bond donors (Lipinski definition) is 1. The number of aromatic amines is 1. The molecule has 5 heteroatoms. The number of fused-ring (bicyclic) bond motifs is 1. The Morgan fingerprint density at radius 3 is 2.75 bits per heavy atom. The number of nitrogens with one attached hydrogen (secondary N) is 1. The van der Waals surface area contributed by atoms with E-state index in [9.17, 15) is 4.79 Å². The van der Waals surface area contributed by atoms with Gasteiger partial charge in [0.25, 0.3) is 5.56 Å². The zero-order chi connectivity index (χ0) is 11.0. The molecule has 78 valence electrons. The standard InChI is InChI=1S/C11H8N4O/c16-11-9-2-1-5-13-10(9)15(14-11)8-3-6-12-7-4-8/h1-7H,(H,14,16). The molecule has 0 unspecified atom stereocenters. The molecule has 0 saturated carbocycles. The van der Waals surface area contributed by atoms with E-state index in [1.165, 1.54) is 0 Å². The van der Waals surface area contributed by atoms with Gasteiger partial charge in [-0.2, -0.15) is 0 Å². The maximum atomic E-state index is 11.6. The molecule has 5 nitrogen and oxygen atoms in total. The van der Waals surface area contributed by atoms with Gasteiger partial charge in [0.1, 0.15) is 0 Å². The van der Waals surface area contributed by atoms with E-state index in [2.05, 4.69) is 15.1 Å². The maximum Gasteiger partial charge on any atom is 0.273 e. The molecule has 0 aliphatic carbocycles. The summed E-state index contributed by atoms with van der Waals surface area (Å²) in [6.07, 6.45) is 5.00. The van der Waals surface area contributed by atoms with Gasteiger partial charge in [0.15, 0.2) is 5.65 Å². The summed E-state index contributed by atoms with van der Waals surface area (Å²) >= 11 is 0. The Morgan fingerprint density at radius 2 is 1.94 bits per heavy atom. The van der Waals surface area contributed by atoms with Crippen LogP contribution in [0.2, 0.25) is 0 Å². The van der Waals surface area contributed by atoms with Gasteiger partial charge in [0.2, 0.25) is 0 Å². The van der Waals surface area contributed by atoms with Crippen LogP contribution in [0.15, 0.2) is 47.7 Å². The van der Waals surface area contributed by atoms with E-state index in [0.717, 1.165) is 5.69 Å². The molecule has 0 bridgehead atoms. The van der Waals surface area contributed by atoms with E-state index >= 15 is 0 Å². The van der Waals surface area contributed by atoms with Crippen LogP contribution in [0.1, 0.15) is 0 Å². The predicted octanol–water partition coefficient (Wildman–Crippen LogP) is 1.11. The van der Waals surface area contributed by atoms with Crippen LogP contribution in [0.4, 0.5) is 0 Å². The molecule has 0 spiro atoms. The molecule has 16 heavy (non-hydrogen) atoms. The highest BCUT2D eigenvalue weighted by Crippen LogP contribution is 2.11. The Hall–Kier alpha value is -2.43. The van der Waals surface area contributed by atoms with Gasteiger partial charge in [-0.15, -0.1) is 0 Å². The van der Waals surface area contributed by atoms with Crippen molar-refractivity contribution in [2.75, 3.05) is 0 Å². The van der Waals surface area contributed by atoms with Crippen LogP contribution in [-0.2, 0) is 0 Å². The zero-order valence-electron chi connectivity index (χ0n) is 8.29. The lowest BCUT2D eigenvalue weighted by Crippen LogP contribution is -2.03. The minimum atomic E-state index is -0.139. The minimum Gasteiger partial charge on any atom is -0.267 e. The third-order valence-electron chi connectivity index (χ3n) is 2.38. The van der Waals surface area contributed by atoms with Crippen molar-refractivity contribution in [3.8, 4) is 5.69 Å². The monoisotopic (exact) mass is 212 g/mol. The van der Waals surface area contributed by atoms with Crippen molar-refractivity contribution in [2.45, 2.75) is 0 Å². The summed E-state index contributed by atoms with van der Waals surface area (Å²) in [5.74, 6) is 0. The van der Waals surface area contributed by atoms with E-state index < -0.39 is 0 Å². The zero-order valence-corrected chi connectivity index (χ0v) is 8.29. The Morgan fingerprint density at radius 1 is 1.12 bits per heavy atom. The Labute approximate surface area is 90.4 Å². The molecule has 0 aliphatic rings. The predicted molar refractivity (Wildman–Crippen MR) is 59.5 cm³/mol. The molecular formula is C11H8N4O. The van der Waals surface area contributed by atoms with Crippen LogP contribution < -0.4 is 5.56 Å². The molecule has 0 radical (unpaired) electrons. The van der Waals surface area contributed by atoms with Gasteiger partial charge in [-0.3, -0.25) is 14.9 Å². The first-order valence-corrected chi connectivity index (χ1v) is 4.82. The Kier molecular flexibility index (Phi) is 1.83. The van der Waals surface area contributed by atoms with E-state index in [0.29, 0.717) is 11.0 Å². The highest BCUT2D eigenvalue weighted by Gasteiger charge is 2.07. The van der Waals surface area contributed by atoms with Gasteiger partial charge < -0.3 is 0 Å². The number of hydrogen-bond acceptors (Lipinski definition) is 3. The first-order valence-electron chi connectivity index (χ1n) is 4.82. The highest BCUT2D eigenvalue weighted by molar-refractivity contribution is 5.75. The smallest absolute Gasteiger partial charge is 0.267 e. The second-order valence-corrected chi connectivity index (χ2v) is 3.36. The Bertz CT molecular complexity index is 684. The summed E-state index contributed by atoms with van der Waals surface area (Å²) in [7, 11) is 0. The van der Waals surface area contributed by atoms with Crippen molar-refractivity contribution in [1.82, 2.24) is 19.7 Å². The average molecular weight is 212 g/mol. The molecule has 0 saturated heterocycles. The lowest BCUT2D eigenvalue weighted by atomic mass is 10.3. The SMILES string of the molecule is O=c1[nH]n(-c2ccncc2)c2ncccc12. The third-order valence-corrected chi connectivity index (χ3v) is 2.38. The van der Waals surface area contributed by atoms with Crippen LogP contribution in [0.3, 0.4) is 0 Å². The number of aromatic nitrogens is 4. The van der Waals surface area contributed by atoms with Gasteiger partial charge in [-0.05, 0) is 24.3 Å². The number of pyridine rings is 2. The van der Waals surface area contributed by atoms with Gasteiger partial charge in [0, 0.05) is 18.6 Å². The van der Waals surface area contributed by atoms with Crippen LogP contribution >= 0.6 is 0 Å². The fourth-order valence-corrected chi connectivity index (χ4v) is 1.65. The van der Waals surface area contributed by atoms with Crippen molar-refractivity contribution in [2.24, 2.45) is 0 Å². The topological polar surface area (TPSA) is 63.6 Å². The average Bonchev–Trinajstić information content (AvgIpc) is 2.69. The second kappa shape index (κ2) is 3.30. The molecule has 0 amide bonds. The fourth-order valence-electron chi connectivity index (χ4n) is 1.65. The van der Waals surface area contributed by atoms with E-state index in [-0.39, 0.29) is 5.56 Å². The van der Waals surface area contributed by atoms with Crippen LogP contribution in [0, 0.1) is 0 Å². The molecule has 0 atom stereocenters. The van der Waals surface area contributed by atoms with Crippen molar-refractivity contribution in [1.29, 1.82) is 0 Å². The number of rotatable bonds is 1. The summed E-state index contributed by atoms with van der Waals surface area (Å²) < 4.78 is 1.65. The van der Waals surface area contributed by atoms with Crippen LogP contribution in [0.25, 0.3) is 16.7 Å². The lowest BCUT2D eigenvalue weighted by Gasteiger charge is -2.01. The molecule has 1 N–H and O–H groups in total. The summed E-state index contributed by atoms with van der Waals surface area (Å²) in [4.78, 5) is 19.8. The summed E-state index contributed by atoms with van der Waals surface area (Å²) in [6.45, 7) is 0. The van der Waals surface area contributed by atoms with E-state index in [1.54, 1.807) is 35.4 Å². The number of H-pyrrole nitrogens is 1. The minimum absolute atomic E-state index is 0.139. The normalized spacial score (nSPS) is 10.8. The van der Waals surface area contributed by atoms with Gasteiger partial charge in [-0.25, -0.2) is 9.67 Å². The molecule has 3 heterocycles. The Balaban J connectivity index is 2.38. The first kappa shape index (κ1) is 8.84. The van der Waals surface area contributed by atoms with E-state index in [1.807, 2.05) is 12.1 Å².